The highest BCUT2D eigenvalue weighted by molar-refractivity contribution is 9.11. The Bertz CT molecular complexity index is 1450. The van der Waals surface area contributed by atoms with Crippen molar-refractivity contribution in [1.82, 2.24) is 0 Å². The Morgan fingerprint density at radius 1 is 0.279 bits per heavy atom. The zero-order chi connectivity index (χ0) is 48.5. The van der Waals surface area contributed by atoms with Crippen LogP contribution in [0.25, 0.3) is 22.3 Å². The molecule has 0 fully saturated rings. The van der Waals surface area contributed by atoms with Gasteiger partial charge in [0.15, 0.2) is 0 Å². The minimum Gasteiger partial charge on any atom is -0.0654 e. The zero-order valence-electron chi connectivity index (χ0n) is 45.4. The lowest BCUT2D eigenvalue weighted by Gasteiger charge is -2.18. The summed E-state index contributed by atoms with van der Waals surface area (Å²) >= 11 is 8.06. The smallest absolute Gasteiger partial charge is 0.0260 e. The van der Waals surface area contributed by atoms with Crippen LogP contribution in [0.1, 0.15) is 296 Å². The van der Waals surface area contributed by atoms with Crippen LogP contribution in [0.15, 0.2) is 69.6 Å². The first-order chi connectivity index (χ1) is 33.5. The van der Waals surface area contributed by atoms with Crippen LogP contribution in [-0.2, 0) is 12.8 Å². The van der Waals surface area contributed by atoms with Gasteiger partial charge >= 0.3 is 0 Å². The van der Waals surface area contributed by atoms with Crippen molar-refractivity contribution in [3.05, 3.63) is 80.7 Å². The van der Waals surface area contributed by atoms with E-state index < -0.39 is 0 Å². The molecule has 0 radical (unpaired) electrons. The predicted molar refractivity (Wildman–Crippen MR) is 314 cm³/mol. The van der Waals surface area contributed by atoms with E-state index in [0.717, 1.165) is 11.8 Å². The summed E-state index contributed by atoms with van der Waals surface area (Å²) in [7, 11) is 0. The van der Waals surface area contributed by atoms with Crippen molar-refractivity contribution in [1.29, 1.82) is 0 Å². The van der Waals surface area contributed by atoms with Gasteiger partial charge in [0.25, 0.3) is 0 Å². The first-order valence-electron chi connectivity index (χ1n) is 30.2. The van der Waals surface area contributed by atoms with Crippen LogP contribution in [0.4, 0.5) is 0 Å². The number of hydrogen-bond acceptors (Lipinski definition) is 0. The van der Waals surface area contributed by atoms with Crippen LogP contribution in [0.3, 0.4) is 0 Å². The van der Waals surface area contributed by atoms with Gasteiger partial charge in [-0.05, 0) is 70.2 Å². The molecular formula is C66H108Br2. The highest BCUT2D eigenvalue weighted by atomic mass is 79.9. The Kier molecular flexibility index (Phi) is 37.8. The third kappa shape index (κ3) is 29.2. The van der Waals surface area contributed by atoms with Crippen LogP contribution in [-0.4, -0.2) is 0 Å². The van der Waals surface area contributed by atoms with E-state index in [9.17, 15) is 0 Å². The van der Waals surface area contributed by atoms with Crippen LogP contribution in [0.5, 0.6) is 0 Å². The van der Waals surface area contributed by atoms with Gasteiger partial charge in [-0.15, -0.1) is 0 Å². The van der Waals surface area contributed by atoms with Crippen molar-refractivity contribution in [2.45, 2.75) is 297 Å². The van der Waals surface area contributed by atoms with Crippen molar-refractivity contribution in [2.24, 2.45) is 11.8 Å². The molecule has 3 rings (SSSR count). The number of benzene rings is 3. The van der Waals surface area contributed by atoms with Gasteiger partial charge < -0.3 is 0 Å². The SMILES string of the molecule is CCCCCCCCCCCCC(CCCCCCCCCC)Cc1ccc(-c2cc(Br)c(-c3ccc(CC(CCCCCCCCCC)CCCCCCCCCCCC)cc3)cc2Br)cc1. The number of unbranched alkanes of at least 4 members (excludes halogenated alkanes) is 32. The largest absolute Gasteiger partial charge is 0.0654 e. The molecule has 0 aliphatic rings. The molecule has 0 heterocycles. The van der Waals surface area contributed by atoms with Crippen molar-refractivity contribution in [3.63, 3.8) is 0 Å². The molecule has 0 bridgehead atoms. The Labute approximate surface area is 441 Å². The Balaban J connectivity index is 1.56. The molecule has 2 atom stereocenters. The lowest BCUT2D eigenvalue weighted by Crippen LogP contribution is -2.05. The van der Waals surface area contributed by atoms with E-state index in [-0.39, 0.29) is 0 Å². The molecule has 2 heteroatoms. The quantitative estimate of drug-likeness (QED) is 0.0495. The lowest BCUT2D eigenvalue weighted by atomic mass is 9.88. The fraction of sp³-hybridized carbons (Fsp3) is 0.727. The summed E-state index contributed by atoms with van der Waals surface area (Å²) < 4.78 is 2.34. The van der Waals surface area contributed by atoms with Crippen molar-refractivity contribution >= 4 is 31.9 Å². The maximum absolute atomic E-state index is 4.03. The summed E-state index contributed by atoms with van der Waals surface area (Å²) in [4.78, 5) is 0. The summed E-state index contributed by atoms with van der Waals surface area (Å²) in [5.41, 5.74) is 8.15. The van der Waals surface area contributed by atoms with Crippen LogP contribution in [0, 0.1) is 11.8 Å². The fourth-order valence-electron chi connectivity index (χ4n) is 11.0. The molecule has 3 aromatic rings. The van der Waals surface area contributed by atoms with Gasteiger partial charge in [-0.25, -0.2) is 0 Å². The van der Waals surface area contributed by atoms with Gasteiger partial charge in [-0.2, -0.15) is 0 Å². The summed E-state index contributed by atoms with van der Waals surface area (Å²) in [5, 5.41) is 0. The van der Waals surface area contributed by atoms with Crippen molar-refractivity contribution in [3.8, 4) is 22.3 Å². The first kappa shape index (κ1) is 60.9. The van der Waals surface area contributed by atoms with E-state index in [2.05, 4.69) is 120 Å². The molecule has 3 aromatic carbocycles. The molecule has 2 unspecified atom stereocenters. The van der Waals surface area contributed by atoms with Gasteiger partial charge in [-0.3, -0.25) is 0 Å². The molecule has 0 amide bonds. The molecule has 0 aromatic heterocycles. The zero-order valence-corrected chi connectivity index (χ0v) is 48.6. The van der Waals surface area contributed by atoms with Crippen molar-refractivity contribution < 1.29 is 0 Å². The molecule has 0 saturated carbocycles. The normalized spacial score (nSPS) is 12.6. The van der Waals surface area contributed by atoms with Crippen LogP contribution >= 0.6 is 31.9 Å². The van der Waals surface area contributed by atoms with E-state index in [1.54, 1.807) is 0 Å². The molecule has 0 saturated heterocycles. The second-order valence-corrected chi connectivity index (χ2v) is 23.5. The standard InChI is InChI=1S/C66H108Br2/c1-5-9-13-17-21-25-27-31-35-39-43-57(41-37-33-29-23-19-15-11-7-3)53-59-45-49-61(50-46-59)63-55-66(68)64(56-65(63)67)62-51-47-60(48-52-62)54-58(42-38-34-30-24-20-16-12-8-4)44-40-36-32-28-26-22-18-14-10-6-2/h45-52,55-58H,5-44,53-54H2,1-4H3. The minimum atomic E-state index is 0.812. The third-order valence-corrected chi connectivity index (χ3v) is 16.8. The predicted octanol–water partition coefficient (Wildman–Crippen LogP) is 24.5. The van der Waals surface area contributed by atoms with E-state index in [1.165, 1.54) is 312 Å². The summed E-state index contributed by atoms with van der Waals surface area (Å²) in [5.74, 6) is 1.62. The molecule has 0 nitrogen and oxygen atoms in total. The molecule has 0 spiro atoms. The molecule has 386 valence electrons. The Morgan fingerprint density at radius 3 is 0.706 bits per heavy atom. The van der Waals surface area contributed by atoms with E-state index in [4.69, 9.17) is 0 Å². The van der Waals surface area contributed by atoms with Gasteiger partial charge in [0.1, 0.15) is 0 Å². The summed E-state index contributed by atoms with van der Waals surface area (Å²) in [6.07, 6.45) is 59.1. The maximum Gasteiger partial charge on any atom is 0.0260 e. The number of rotatable bonds is 46. The Morgan fingerprint density at radius 2 is 0.485 bits per heavy atom. The molecule has 0 aliphatic carbocycles. The first-order valence-corrected chi connectivity index (χ1v) is 31.7. The summed E-state index contributed by atoms with van der Waals surface area (Å²) in [6, 6.07) is 23.9. The second-order valence-electron chi connectivity index (χ2n) is 21.8. The maximum atomic E-state index is 4.03. The average Bonchev–Trinajstić information content (AvgIpc) is 3.35. The topological polar surface area (TPSA) is 0 Å². The molecule has 0 N–H and O–H groups in total. The van der Waals surface area contributed by atoms with Crippen molar-refractivity contribution in [2.75, 3.05) is 0 Å². The van der Waals surface area contributed by atoms with E-state index >= 15 is 0 Å². The third-order valence-electron chi connectivity index (χ3n) is 15.5. The van der Waals surface area contributed by atoms with Gasteiger partial charge in [0.05, 0.1) is 0 Å². The summed E-state index contributed by atoms with van der Waals surface area (Å²) in [6.45, 7) is 9.28. The van der Waals surface area contributed by atoms with E-state index in [0.29, 0.717) is 0 Å². The molecular weight excluding hydrogens is 953 g/mol. The number of hydrogen-bond donors (Lipinski definition) is 0. The average molecular weight is 1060 g/mol. The lowest BCUT2D eigenvalue weighted by molar-refractivity contribution is 0.400. The minimum absolute atomic E-state index is 0.812. The molecule has 0 aliphatic heterocycles. The van der Waals surface area contributed by atoms with Crippen LogP contribution in [0.2, 0.25) is 0 Å². The van der Waals surface area contributed by atoms with Gasteiger partial charge in [-0.1, -0.05) is 365 Å². The van der Waals surface area contributed by atoms with E-state index in [1.807, 2.05) is 0 Å². The van der Waals surface area contributed by atoms with Gasteiger partial charge in [0.2, 0.25) is 0 Å². The highest BCUT2D eigenvalue weighted by Gasteiger charge is 2.15. The number of halogens is 2. The monoisotopic (exact) mass is 1060 g/mol. The van der Waals surface area contributed by atoms with Gasteiger partial charge in [0, 0.05) is 8.95 Å². The second kappa shape index (κ2) is 42.2. The van der Waals surface area contributed by atoms with Crippen LogP contribution < -0.4 is 0 Å². The fourth-order valence-corrected chi connectivity index (χ4v) is 12.1. The Hall–Kier alpha value is -1.38. The highest BCUT2D eigenvalue weighted by Crippen LogP contribution is 2.39. The molecule has 68 heavy (non-hydrogen) atoms.